The van der Waals surface area contributed by atoms with Gasteiger partial charge in [-0.3, -0.25) is 19.7 Å². The van der Waals surface area contributed by atoms with E-state index in [1.165, 1.54) is 6.07 Å². The van der Waals surface area contributed by atoms with Gasteiger partial charge in [0.15, 0.2) is 0 Å². The molecule has 126 valence electrons. The Morgan fingerprint density at radius 3 is 2.79 bits per heavy atom. The van der Waals surface area contributed by atoms with Crippen LogP contribution in [0.15, 0.2) is 42.9 Å². The molecule has 0 aliphatic carbocycles. The molecule has 6 heteroatoms. The molecule has 0 bridgehead atoms. The van der Waals surface area contributed by atoms with E-state index in [-0.39, 0.29) is 11.7 Å². The number of likely N-dealkylation sites (tertiary alicyclic amines) is 1. The Labute approximate surface area is 141 Å². The Hall–Kier alpha value is -2.34. The van der Waals surface area contributed by atoms with Gasteiger partial charge in [0, 0.05) is 38.6 Å². The van der Waals surface area contributed by atoms with E-state index < -0.39 is 5.54 Å². The van der Waals surface area contributed by atoms with Crippen LogP contribution in [-0.2, 0) is 16.9 Å². The lowest BCUT2D eigenvalue weighted by molar-refractivity contribution is -0.141. The van der Waals surface area contributed by atoms with Gasteiger partial charge >= 0.3 is 0 Å². The van der Waals surface area contributed by atoms with Crippen LogP contribution in [0.3, 0.4) is 0 Å². The first-order valence-electron chi connectivity index (χ1n) is 8.02. The molecule has 24 heavy (non-hydrogen) atoms. The summed E-state index contributed by atoms with van der Waals surface area (Å²) in [5, 5.41) is 0. The lowest BCUT2D eigenvalue weighted by Gasteiger charge is -2.38. The van der Waals surface area contributed by atoms with E-state index in [4.69, 9.17) is 0 Å². The van der Waals surface area contributed by atoms with E-state index in [1.54, 1.807) is 49.7 Å². The molecule has 2 aromatic rings. The minimum Gasteiger partial charge on any atom is -0.347 e. The van der Waals surface area contributed by atoms with Crippen molar-refractivity contribution < 1.29 is 9.18 Å². The summed E-state index contributed by atoms with van der Waals surface area (Å²) in [5.41, 5.74) is 0.316. The number of hydrogen-bond acceptors (Lipinski definition) is 4. The van der Waals surface area contributed by atoms with E-state index in [0.717, 1.165) is 6.42 Å². The van der Waals surface area contributed by atoms with Crippen LogP contribution in [0.5, 0.6) is 0 Å². The molecule has 1 aliphatic rings. The first-order chi connectivity index (χ1) is 11.6. The number of carbonyl (C=O) groups is 1. The van der Waals surface area contributed by atoms with Gasteiger partial charge in [-0.25, -0.2) is 4.39 Å². The Morgan fingerprint density at radius 1 is 1.33 bits per heavy atom. The van der Waals surface area contributed by atoms with Crippen LogP contribution in [0.25, 0.3) is 0 Å². The van der Waals surface area contributed by atoms with Crippen molar-refractivity contribution in [2.24, 2.45) is 0 Å². The van der Waals surface area contributed by atoms with Crippen molar-refractivity contribution in [1.82, 2.24) is 19.8 Å². The molecule has 0 spiro atoms. The van der Waals surface area contributed by atoms with Crippen LogP contribution in [-0.4, -0.2) is 46.3 Å². The number of amides is 1. The molecule has 1 fully saturated rings. The summed E-state index contributed by atoms with van der Waals surface area (Å²) in [6.07, 6.45) is 6.33. The average Bonchev–Trinajstić information content (AvgIpc) is 3.01. The maximum Gasteiger partial charge on any atom is 0.248 e. The highest BCUT2D eigenvalue weighted by molar-refractivity contribution is 5.87. The molecule has 1 saturated heterocycles. The fraction of sp³-hybridized carbons (Fsp3) is 0.389. The van der Waals surface area contributed by atoms with E-state index in [9.17, 15) is 9.18 Å². The highest BCUT2D eigenvalue weighted by Crippen LogP contribution is 2.40. The molecule has 1 atom stereocenters. The monoisotopic (exact) mass is 328 g/mol. The second-order valence-corrected chi connectivity index (χ2v) is 6.27. The quantitative estimate of drug-likeness (QED) is 0.863. The predicted molar refractivity (Wildman–Crippen MR) is 88.4 cm³/mol. The van der Waals surface area contributed by atoms with Gasteiger partial charge in [0.25, 0.3) is 0 Å². The number of hydrogen-bond donors (Lipinski definition) is 0. The van der Waals surface area contributed by atoms with Gasteiger partial charge in [0.05, 0.1) is 11.9 Å². The van der Waals surface area contributed by atoms with Crippen molar-refractivity contribution in [3.8, 4) is 0 Å². The van der Waals surface area contributed by atoms with Crippen molar-refractivity contribution >= 4 is 5.91 Å². The van der Waals surface area contributed by atoms with Gasteiger partial charge in [-0.2, -0.15) is 0 Å². The van der Waals surface area contributed by atoms with E-state index >= 15 is 0 Å². The summed E-state index contributed by atoms with van der Waals surface area (Å²) in [6, 6.07) is 6.69. The van der Waals surface area contributed by atoms with Gasteiger partial charge in [-0.05, 0) is 25.5 Å². The molecule has 3 rings (SSSR count). The summed E-state index contributed by atoms with van der Waals surface area (Å²) in [6.45, 7) is 1.08. The molecule has 5 nitrogen and oxygen atoms in total. The second kappa shape index (κ2) is 6.65. The van der Waals surface area contributed by atoms with Crippen LogP contribution in [0, 0.1) is 5.82 Å². The SMILES string of the molecule is CN(C)C(=O)C1(c2cnccn2)CCCN1Cc1ccccc1F. The van der Waals surface area contributed by atoms with Crippen molar-refractivity contribution in [1.29, 1.82) is 0 Å². The highest BCUT2D eigenvalue weighted by Gasteiger charge is 2.51. The van der Waals surface area contributed by atoms with Crippen molar-refractivity contribution in [3.05, 3.63) is 59.9 Å². The molecule has 1 aliphatic heterocycles. The predicted octanol–water partition coefficient (Wildman–Crippen LogP) is 2.20. The van der Waals surface area contributed by atoms with E-state index in [0.29, 0.717) is 30.8 Å². The third-order valence-corrected chi connectivity index (χ3v) is 4.57. The summed E-state index contributed by atoms with van der Waals surface area (Å²) in [4.78, 5) is 25.2. The summed E-state index contributed by atoms with van der Waals surface area (Å²) in [5.74, 6) is -0.299. The van der Waals surface area contributed by atoms with Crippen molar-refractivity contribution in [2.45, 2.75) is 24.9 Å². The Morgan fingerprint density at radius 2 is 2.12 bits per heavy atom. The fourth-order valence-corrected chi connectivity index (χ4v) is 3.45. The molecule has 2 heterocycles. The summed E-state index contributed by atoms with van der Waals surface area (Å²) >= 11 is 0. The fourth-order valence-electron chi connectivity index (χ4n) is 3.45. The minimum atomic E-state index is -0.889. The first kappa shape index (κ1) is 16.5. The molecule has 0 radical (unpaired) electrons. The maximum atomic E-state index is 14.1. The standard InChI is InChI=1S/C18H21FN4O/c1-22(2)17(24)18(16-12-20-9-10-21-16)8-5-11-23(18)13-14-6-3-4-7-15(14)19/h3-4,6-7,9-10,12H,5,8,11,13H2,1-2H3. The molecule has 0 N–H and O–H groups in total. The Kier molecular flexibility index (Phi) is 4.57. The first-order valence-corrected chi connectivity index (χ1v) is 8.02. The lowest BCUT2D eigenvalue weighted by Crippen LogP contribution is -2.52. The summed E-state index contributed by atoms with van der Waals surface area (Å²) in [7, 11) is 3.47. The van der Waals surface area contributed by atoms with E-state index in [1.807, 2.05) is 11.0 Å². The number of aromatic nitrogens is 2. The van der Waals surface area contributed by atoms with Crippen LogP contribution in [0.2, 0.25) is 0 Å². The zero-order valence-corrected chi connectivity index (χ0v) is 13.9. The number of nitrogens with zero attached hydrogens (tertiary/aromatic N) is 4. The Bertz CT molecular complexity index is 722. The summed E-state index contributed by atoms with van der Waals surface area (Å²) < 4.78 is 14.1. The molecule has 1 unspecified atom stereocenters. The molecular formula is C18H21FN4O. The third kappa shape index (κ3) is 2.78. The molecular weight excluding hydrogens is 307 g/mol. The van der Waals surface area contributed by atoms with Gasteiger partial charge in [-0.1, -0.05) is 18.2 Å². The van der Waals surface area contributed by atoms with Crippen molar-refractivity contribution in [2.75, 3.05) is 20.6 Å². The van der Waals surface area contributed by atoms with Crippen LogP contribution < -0.4 is 0 Å². The number of benzene rings is 1. The zero-order chi connectivity index (χ0) is 17.2. The number of likely N-dealkylation sites (N-methyl/N-ethyl adjacent to an activating group) is 1. The highest BCUT2D eigenvalue weighted by atomic mass is 19.1. The largest absolute Gasteiger partial charge is 0.347 e. The topological polar surface area (TPSA) is 49.3 Å². The molecule has 0 saturated carbocycles. The minimum absolute atomic E-state index is 0.0446. The van der Waals surface area contributed by atoms with E-state index in [2.05, 4.69) is 9.97 Å². The van der Waals surface area contributed by atoms with Gasteiger partial charge in [0.2, 0.25) is 5.91 Å². The van der Waals surface area contributed by atoms with Gasteiger partial charge in [0.1, 0.15) is 11.4 Å². The zero-order valence-electron chi connectivity index (χ0n) is 13.9. The molecule has 1 aromatic heterocycles. The number of rotatable bonds is 4. The molecule has 1 aromatic carbocycles. The third-order valence-electron chi connectivity index (χ3n) is 4.57. The number of halogens is 1. The van der Waals surface area contributed by atoms with Crippen LogP contribution >= 0.6 is 0 Å². The normalized spacial score (nSPS) is 21.0. The average molecular weight is 328 g/mol. The van der Waals surface area contributed by atoms with Gasteiger partial charge in [-0.15, -0.1) is 0 Å². The van der Waals surface area contributed by atoms with Crippen molar-refractivity contribution in [3.63, 3.8) is 0 Å². The smallest absolute Gasteiger partial charge is 0.248 e. The Balaban J connectivity index is 2.04. The van der Waals surface area contributed by atoms with Gasteiger partial charge < -0.3 is 4.90 Å². The number of carbonyl (C=O) groups excluding carboxylic acids is 1. The second-order valence-electron chi connectivity index (χ2n) is 6.27. The van der Waals surface area contributed by atoms with Crippen LogP contribution in [0.4, 0.5) is 4.39 Å². The molecule has 1 amide bonds. The van der Waals surface area contributed by atoms with Crippen LogP contribution in [0.1, 0.15) is 24.1 Å². The maximum absolute atomic E-state index is 14.1. The lowest BCUT2D eigenvalue weighted by atomic mass is 9.90.